The molecule has 122 valence electrons. The number of halogens is 2. The first-order valence-electron chi connectivity index (χ1n) is 6.91. The highest BCUT2D eigenvalue weighted by Crippen LogP contribution is 2.42. The summed E-state index contributed by atoms with van der Waals surface area (Å²) in [5.41, 5.74) is 25.1. The minimum atomic E-state index is -0.466. The molecular formula is C16H14ClFN6. The summed E-state index contributed by atoms with van der Waals surface area (Å²) in [7, 11) is 0. The van der Waals surface area contributed by atoms with Crippen molar-refractivity contribution in [1.29, 1.82) is 0 Å². The number of nitrogens with two attached hydrogens (primary N) is 4. The number of rotatable bonds is 2. The van der Waals surface area contributed by atoms with E-state index in [0.29, 0.717) is 11.1 Å². The molecule has 8 heteroatoms. The highest BCUT2D eigenvalue weighted by atomic mass is 35.5. The van der Waals surface area contributed by atoms with E-state index in [0.717, 1.165) is 0 Å². The molecule has 3 rings (SSSR count). The largest absolute Gasteiger partial charge is 0.396 e. The Labute approximate surface area is 142 Å². The van der Waals surface area contributed by atoms with Gasteiger partial charge in [0.05, 0.1) is 22.1 Å². The Kier molecular flexibility index (Phi) is 3.86. The summed E-state index contributed by atoms with van der Waals surface area (Å²) >= 11 is 6.24. The third-order valence-electron chi connectivity index (χ3n) is 3.58. The molecule has 2 heterocycles. The van der Waals surface area contributed by atoms with Crippen LogP contribution in [0.5, 0.6) is 0 Å². The first-order valence-corrected chi connectivity index (χ1v) is 7.28. The highest BCUT2D eigenvalue weighted by molar-refractivity contribution is 6.34. The molecule has 0 saturated carbocycles. The summed E-state index contributed by atoms with van der Waals surface area (Å²) in [4.78, 5) is 8.12. The van der Waals surface area contributed by atoms with Crippen LogP contribution in [0.25, 0.3) is 22.4 Å². The van der Waals surface area contributed by atoms with Gasteiger partial charge in [0, 0.05) is 22.9 Å². The number of pyridine rings is 2. The van der Waals surface area contributed by atoms with Gasteiger partial charge in [-0.2, -0.15) is 0 Å². The van der Waals surface area contributed by atoms with Crippen molar-refractivity contribution in [3.8, 4) is 22.4 Å². The van der Waals surface area contributed by atoms with Gasteiger partial charge in [0.1, 0.15) is 17.5 Å². The number of hydrogen-bond donors (Lipinski definition) is 4. The highest BCUT2D eigenvalue weighted by Gasteiger charge is 2.20. The molecule has 0 radical (unpaired) electrons. The van der Waals surface area contributed by atoms with Gasteiger partial charge in [0.2, 0.25) is 0 Å². The van der Waals surface area contributed by atoms with Crippen molar-refractivity contribution in [2.24, 2.45) is 0 Å². The van der Waals surface area contributed by atoms with Crippen LogP contribution in [0.2, 0.25) is 5.02 Å². The summed E-state index contributed by atoms with van der Waals surface area (Å²) < 4.78 is 14.3. The number of benzene rings is 1. The molecule has 24 heavy (non-hydrogen) atoms. The van der Waals surface area contributed by atoms with E-state index in [2.05, 4.69) is 9.97 Å². The minimum absolute atomic E-state index is 0.0775. The van der Waals surface area contributed by atoms with Crippen LogP contribution >= 0.6 is 11.6 Å². The minimum Gasteiger partial charge on any atom is -0.396 e. The Morgan fingerprint density at radius 1 is 0.958 bits per heavy atom. The predicted molar refractivity (Wildman–Crippen MR) is 95.5 cm³/mol. The van der Waals surface area contributed by atoms with Crippen molar-refractivity contribution >= 4 is 34.6 Å². The third-order valence-corrected chi connectivity index (χ3v) is 3.87. The van der Waals surface area contributed by atoms with E-state index in [4.69, 9.17) is 34.5 Å². The first kappa shape index (κ1) is 15.8. The summed E-state index contributed by atoms with van der Waals surface area (Å²) in [6.07, 6.45) is 1.36. The molecular weight excluding hydrogens is 331 g/mol. The van der Waals surface area contributed by atoms with Crippen LogP contribution in [0.4, 0.5) is 27.4 Å². The zero-order valence-electron chi connectivity index (χ0n) is 12.4. The molecule has 0 amide bonds. The van der Waals surface area contributed by atoms with Crippen LogP contribution in [0, 0.1) is 5.82 Å². The van der Waals surface area contributed by atoms with Gasteiger partial charge in [-0.15, -0.1) is 0 Å². The Morgan fingerprint density at radius 3 is 2.38 bits per heavy atom. The molecule has 1 aromatic carbocycles. The van der Waals surface area contributed by atoms with Gasteiger partial charge in [0.15, 0.2) is 0 Å². The van der Waals surface area contributed by atoms with E-state index < -0.39 is 5.82 Å². The molecule has 6 nitrogen and oxygen atoms in total. The summed E-state index contributed by atoms with van der Waals surface area (Å²) in [5.74, 6) is -0.287. The molecule has 0 unspecified atom stereocenters. The third kappa shape index (κ3) is 2.55. The monoisotopic (exact) mass is 344 g/mol. The lowest BCUT2D eigenvalue weighted by atomic mass is 9.97. The van der Waals surface area contributed by atoms with E-state index in [1.54, 1.807) is 24.3 Å². The summed E-state index contributed by atoms with van der Waals surface area (Å²) in [5, 5.41) is 0.241. The molecule has 3 aromatic rings. The topological polar surface area (TPSA) is 130 Å². The summed E-state index contributed by atoms with van der Waals surface area (Å²) in [6, 6.07) is 7.69. The average Bonchev–Trinajstić information content (AvgIpc) is 2.55. The number of anilines is 4. The standard InChI is InChI=1S/C16H14ClFN6/c17-9-6-23-16(22)13(20)12(9)8-5-11(19)15(21)24-14(8)7-3-1-2-4-10(7)18/h1-6H,19-20H2,(H2,21,24)(H2,22,23). The van der Waals surface area contributed by atoms with E-state index in [1.165, 1.54) is 12.3 Å². The molecule has 2 aromatic heterocycles. The zero-order chi connectivity index (χ0) is 17.4. The Balaban J connectivity index is 2.40. The average molecular weight is 345 g/mol. The van der Waals surface area contributed by atoms with Gasteiger partial charge in [-0.3, -0.25) is 0 Å². The Morgan fingerprint density at radius 2 is 1.67 bits per heavy atom. The molecule has 0 saturated heterocycles. The van der Waals surface area contributed by atoms with Crippen molar-refractivity contribution in [3.05, 3.63) is 47.4 Å². The molecule has 8 N–H and O–H groups in total. The molecule has 0 aliphatic heterocycles. The molecule has 0 aliphatic rings. The molecule has 0 spiro atoms. The van der Waals surface area contributed by atoms with Crippen LogP contribution in [0.3, 0.4) is 0 Å². The lowest BCUT2D eigenvalue weighted by molar-refractivity contribution is 0.631. The van der Waals surface area contributed by atoms with Crippen LogP contribution < -0.4 is 22.9 Å². The van der Waals surface area contributed by atoms with Crippen LogP contribution in [0.15, 0.2) is 36.5 Å². The SMILES string of the molecule is Nc1cc(-c2c(Cl)cnc(N)c2N)c(-c2ccccc2F)nc1N. The van der Waals surface area contributed by atoms with Gasteiger partial charge in [0.25, 0.3) is 0 Å². The number of aromatic nitrogens is 2. The van der Waals surface area contributed by atoms with Gasteiger partial charge in [-0.1, -0.05) is 23.7 Å². The predicted octanol–water partition coefficient (Wildman–Crippen LogP) is 2.93. The first-order chi connectivity index (χ1) is 11.4. The van der Waals surface area contributed by atoms with E-state index in [9.17, 15) is 4.39 Å². The fourth-order valence-electron chi connectivity index (χ4n) is 2.38. The number of nitrogens with zero attached hydrogens (tertiary/aromatic N) is 2. The van der Waals surface area contributed by atoms with Crippen molar-refractivity contribution in [1.82, 2.24) is 9.97 Å². The van der Waals surface area contributed by atoms with Gasteiger partial charge >= 0.3 is 0 Å². The fourth-order valence-corrected chi connectivity index (χ4v) is 2.64. The molecule has 0 bridgehead atoms. The number of nitrogen functional groups attached to an aromatic ring is 4. The molecule has 0 atom stereocenters. The quantitative estimate of drug-likeness (QED) is 0.565. The van der Waals surface area contributed by atoms with Crippen molar-refractivity contribution in [3.63, 3.8) is 0 Å². The van der Waals surface area contributed by atoms with E-state index in [-0.39, 0.29) is 39.3 Å². The second-order valence-corrected chi connectivity index (χ2v) is 5.53. The molecule has 0 fully saturated rings. The Bertz CT molecular complexity index is 944. The van der Waals surface area contributed by atoms with Crippen LogP contribution in [-0.2, 0) is 0 Å². The number of hydrogen-bond acceptors (Lipinski definition) is 6. The second kappa shape index (κ2) is 5.86. The van der Waals surface area contributed by atoms with E-state index in [1.807, 2.05) is 0 Å². The zero-order valence-corrected chi connectivity index (χ0v) is 13.2. The maximum absolute atomic E-state index is 14.3. The maximum atomic E-state index is 14.3. The van der Waals surface area contributed by atoms with E-state index >= 15 is 0 Å². The van der Waals surface area contributed by atoms with Gasteiger partial charge in [-0.25, -0.2) is 14.4 Å². The smallest absolute Gasteiger partial charge is 0.147 e. The van der Waals surface area contributed by atoms with Gasteiger partial charge in [-0.05, 0) is 18.2 Å². The fraction of sp³-hybridized carbons (Fsp3) is 0. The Hall–Kier alpha value is -3.06. The summed E-state index contributed by atoms with van der Waals surface area (Å²) in [6.45, 7) is 0. The lowest BCUT2D eigenvalue weighted by Crippen LogP contribution is -2.05. The normalized spacial score (nSPS) is 10.8. The van der Waals surface area contributed by atoms with Crippen LogP contribution in [-0.4, -0.2) is 9.97 Å². The van der Waals surface area contributed by atoms with Gasteiger partial charge < -0.3 is 22.9 Å². The van der Waals surface area contributed by atoms with Crippen LogP contribution in [0.1, 0.15) is 0 Å². The maximum Gasteiger partial charge on any atom is 0.147 e. The lowest BCUT2D eigenvalue weighted by Gasteiger charge is -2.16. The van der Waals surface area contributed by atoms with Crippen molar-refractivity contribution in [2.45, 2.75) is 0 Å². The van der Waals surface area contributed by atoms with Crippen molar-refractivity contribution < 1.29 is 4.39 Å². The van der Waals surface area contributed by atoms with Crippen molar-refractivity contribution in [2.75, 3.05) is 22.9 Å². The second-order valence-electron chi connectivity index (χ2n) is 5.12. The molecule has 0 aliphatic carbocycles.